The monoisotopic (exact) mass is 490 g/mol. The average molecular weight is 491 g/mol. The van der Waals surface area contributed by atoms with Gasteiger partial charge in [-0.1, -0.05) is 40.9 Å². The Morgan fingerprint density at radius 2 is 1.74 bits per heavy atom. The number of carbonyl (C=O) groups is 1. The van der Waals surface area contributed by atoms with E-state index >= 15 is 0 Å². The second kappa shape index (κ2) is 12.0. The minimum Gasteiger partial charge on any atom is -0.497 e. The van der Waals surface area contributed by atoms with Gasteiger partial charge in [0.05, 0.1) is 18.7 Å². The molecular formula is C28H27ClN2O4. The molecule has 0 aliphatic heterocycles. The molecule has 7 heteroatoms. The van der Waals surface area contributed by atoms with Gasteiger partial charge in [0, 0.05) is 5.69 Å². The Kier molecular flexibility index (Phi) is 8.77. The van der Waals surface area contributed by atoms with Crippen LogP contribution in [0.15, 0.2) is 60.2 Å². The lowest BCUT2D eigenvalue weighted by atomic mass is 10.1. The number of methoxy groups -OCH3 is 1. The van der Waals surface area contributed by atoms with Gasteiger partial charge in [0.15, 0.2) is 11.5 Å². The second-order valence-electron chi connectivity index (χ2n) is 7.90. The number of hydrogen-bond donors (Lipinski definition) is 1. The van der Waals surface area contributed by atoms with Crippen LogP contribution in [-0.4, -0.2) is 19.6 Å². The Morgan fingerprint density at radius 3 is 2.34 bits per heavy atom. The standard InChI is InChI=1S/C28H27ClN2O4/c1-5-34-26-15-20(13-22(16-30)28(32)31-23-6-8-24(33-4)9-7-23)14-25(29)27(26)35-17-21-11-18(2)10-19(3)12-21/h6-15H,5,17H2,1-4H3,(H,31,32)/b22-13+. The minimum absolute atomic E-state index is 0.0803. The van der Waals surface area contributed by atoms with Crippen molar-refractivity contribution in [3.8, 4) is 23.3 Å². The summed E-state index contributed by atoms with van der Waals surface area (Å²) in [5, 5.41) is 12.6. The molecule has 0 aromatic heterocycles. The van der Waals surface area contributed by atoms with E-state index in [-0.39, 0.29) is 5.57 Å². The van der Waals surface area contributed by atoms with E-state index in [4.69, 9.17) is 25.8 Å². The molecule has 0 saturated carbocycles. The number of benzene rings is 3. The number of nitrogens with one attached hydrogen (secondary N) is 1. The number of amides is 1. The molecule has 1 N–H and O–H groups in total. The maximum absolute atomic E-state index is 12.7. The van der Waals surface area contributed by atoms with E-state index in [1.165, 1.54) is 6.08 Å². The topological polar surface area (TPSA) is 80.6 Å². The van der Waals surface area contributed by atoms with E-state index in [0.29, 0.717) is 46.7 Å². The molecule has 3 rings (SSSR count). The number of rotatable bonds is 9. The van der Waals surface area contributed by atoms with Gasteiger partial charge in [0.2, 0.25) is 0 Å². The predicted molar refractivity (Wildman–Crippen MR) is 138 cm³/mol. The van der Waals surface area contributed by atoms with Gasteiger partial charge in [0.25, 0.3) is 5.91 Å². The first-order valence-electron chi connectivity index (χ1n) is 11.1. The summed E-state index contributed by atoms with van der Waals surface area (Å²) in [4.78, 5) is 12.7. The molecule has 0 heterocycles. The highest BCUT2D eigenvalue weighted by molar-refractivity contribution is 6.32. The van der Waals surface area contributed by atoms with Crippen molar-refractivity contribution >= 4 is 29.3 Å². The van der Waals surface area contributed by atoms with Gasteiger partial charge in [0.1, 0.15) is 24.0 Å². The van der Waals surface area contributed by atoms with Crippen LogP contribution in [0.1, 0.15) is 29.2 Å². The molecule has 0 unspecified atom stereocenters. The summed E-state index contributed by atoms with van der Waals surface area (Å²) >= 11 is 6.53. The molecule has 180 valence electrons. The minimum atomic E-state index is -0.540. The first kappa shape index (κ1) is 25.7. The Labute approximate surface area is 210 Å². The van der Waals surface area contributed by atoms with Gasteiger partial charge < -0.3 is 19.5 Å². The first-order valence-corrected chi connectivity index (χ1v) is 11.4. The molecular weight excluding hydrogens is 464 g/mol. The second-order valence-corrected chi connectivity index (χ2v) is 8.31. The third kappa shape index (κ3) is 7.02. The molecule has 0 saturated heterocycles. The van der Waals surface area contributed by atoms with E-state index in [0.717, 1.165) is 16.7 Å². The largest absolute Gasteiger partial charge is 0.497 e. The lowest BCUT2D eigenvalue weighted by Crippen LogP contribution is -2.13. The predicted octanol–water partition coefficient (Wildman–Crippen LogP) is 6.49. The van der Waals surface area contributed by atoms with Crippen LogP contribution in [0, 0.1) is 25.2 Å². The van der Waals surface area contributed by atoms with Crippen LogP contribution in [0.3, 0.4) is 0 Å². The highest BCUT2D eigenvalue weighted by Gasteiger charge is 2.15. The number of nitriles is 1. The Morgan fingerprint density at radius 1 is 1.06 bits per heavy atom. The van der Waals surface area contributed by atoms with Crippen LogP contribution in [-0.2, 0) is 11.4 Å². The average Bonchev–Trinajstić information content (AvgIpc) is 2.82. The molecule has 6 nitrogen and oxygen atoms in total. The fraction of sp³-hybridized carbons (Fsp3) is 0.214. The van der Waals surface area contributed by atoms with Gasteiger partial charge in [-0.3, -0.25) is 4.79 Å². The molecule has 0 bridgehead atoms. The fourth-order valence-corrected chi connectivity index (χ4v) is 3.84. The summed E-state index contributed by atoms with van der Waals surface area (Å²) in [6.07, 6.45) is 1.46. The molecule has 0 aliphatic rings. The van der Waals surface area contributed by atoms with Crippen molar-refractivity contribution < 1.29 is 19.0 Å². The van der Waals surface area contributed by atoms with Crippen molar-refractivity contribution in [1.29, 1.82) is 5.26 Å². The number of ether oxygens (including phenoxy) is 3. The SMILES string of the molecule is CCOc1cc(/C=C(\C#N)C(=O)Nc2ccc(OC)cc2)cc(Cl)c1OCc1cc(C)cc(C)c1. The van der Waals surface area contributed by atoms with Gasteiger partial charge in [-0.2, -0.15) is 5.26 Å². The molecule has 3 aromatic carbocycles. The van der Waals surface area contributed by atoms with E-state index in [1.807, 2.05) is 26.8 Å². The molecule has 0 atom stereocenters. The summed E-state index contributed by atoms with van der Waals surface area (Å²) < 4.78 is 16.9. The van der Waals surface area contributed by atoms with Crippen molar-refractivity contribution in [1.82, 2.24) is 0 Å². The van der Waals surface area contributed by atoms with Crippen LogP contribution < -0.4 is 19.5 Å². The van der Waals surface area contributed by atoms with E-state index in [1.54, 1.807) is 43.5 Å². The summed E-state index contributed by atoms with van der Waals surface area (Å²) in [5.41, 5.74) is 4.32. The normalized spacial score (nSPS) is 10.9. The van der Waals surface area contributed by atoms with E-state index in [2.05, 4.69) is 23.5 Å². The van der Waals surface area contributed by atoms with E-state index in [9.17, 15) is 10.1 Å². The third-order valence-electron chi connectivity index (χ3n) is 5.02. The smallest absolute Gasteiger partial charge is 0.266 e. The highest BCUT2D eigenvalue weighted by Crippen LogP contribution is 2.38. The van der Waals surface area contributed by atoms with Crippen LogP contribution >= 0.6 is 11.6 Å². The van der Waals surface area contributed by atoms with Gasteiger partial charge in [-0.15, -0.1) is 0 Å². The van der Waals surface area contributed by atoms with Crippen molar-refractivity contribution in [2.75, 3.05) is 19.0 Å². The lowest BCUT2D eigenvalue weighted by molar-refractivity contribution is -0.112. The summed E-state index contributed by atoms with van der Waals surface area (Å²) in [6, 6.07) is 18.3. The first-order chi connectivity index (χ1) is 16.8. The molecule has 3 aromatic rings. The Balaban J connectivity index is 1.83. The molecule has 1 amide bonds. The number of aryl methyl sites for hydroxylation is 2. The maximum Gasteiger partial charge on any atom is 0.266 e. The maximum atomic E-state index is 12.7. The summed E-state index contributed by atoms with van der Waals surface area (Å²) in [7, 11) is 1.56. The Hall–Kier alpha value is -3.95. The molecule has 35 heavy (non-hydrogen) atoms. The van der Waals surface area contributed by atoms with Crippen LogP contribution in [0.4, 0.5) is 5.69 Å². The molecule has 0 fully saturated rings. The zero-order valence-corrected chi connectivity index (χ0v) is 20.9. The van der Waals surface area contributed by atoms with Crippen LogP contribution in [0.25, 0.3) is 6.08 Å². The fourth-order valence-electron chi connectivity index (χ4n) is 3.57. The molecule has 0 aliphatic carbocycles. The van der Waals surface area contributed by atoms with Gasteiger partial charge >= 0.3 is 0 Å². The van der Waals surface area contributed by atoms with E-state index < -0.39 is 5.91 Å². The highest BCUT2D eigenvalue weighted by atomic mass is 35.5. The zero-order chi connectivity index (χ0) is 25.4. The Bertz CT molecular complexity index is 1260. The number of anilines is 1. The number of halogens is 1. The zero-order valence-electron chi connectivity index (χ0n) is 20.1. The number of nitrogens with zero attached hydrogens (tertiary/aromatic N) is 1. The van der Waals surface area contributed by atoms with Crippen molar-refractivity contribution in [2.24, 2.45) is 0 Å². The van der Waals surface area contributed by atoms with Crippen molar-refractivity contribution in [3.63, 3.8) is 0 Å². The van der Waals surface area contributed by atoms with Crippen molar-refractivity contribution in [3.05, 3.63) is 87.4 Å². The lowest BCUT2D eigenvalue weighted by Gasteiger charge is -2.15. The van der Waals surface area contributed by atoms with Crippen molar-refractivity contribution in [2.45, 2.75) is 27.4 Å². The number of hydrogen-bond acceptors (Lipinski definition) is 5. The quantitative estimate of drug-likeness (QED) is 0.274. The third-order valence-corrected chi connectivity index (χ3v) is 5.30. The van der Waals surface area contributed by atoms with Gasteiger partial charge in [-0.05, 0) is 74.4 Å². The number of carbonyl (C=O) groups excluding carboxylic acids is 1. The molecule has 0 radical (unpaired) electrons. The van der Waals surface area contributed by atoms with Crippen LogP contribution in [0.2, 0.25) is 5.02 Å². The molecule has 0 spiro atoms. The van der Waals surface area contributed by atoms with Crippen LogP contribution in [0.5, 0.6) is 17.2 Å². The van der Waals surface area contributed by atoms with Gasteiger partial charge in [-0.25, -0.2) is 0 Å². The summed E-state index contributed by atoms with van der Waals surface area (Å²) in [6.45, 7) is 6.65. The summed E-state index contributed by atoms with van der Waals surface area (Å²) in [5.74, 6) is 0.966.